The van der Waals surface area contributed by atoms with Gasteiger partial charge in [0.25, 0.3) is 0 Å². The Hall–Kier alpha value is -2.28. The lowest BCUT2D eigenvalue weighted by Crippen LogP contribution is -2.50. The van der Waals surface area contributed by atoms with Gasteiger partial charge in [-0.3, -0.25) is 0 Å². The van der Waals surface area contributed by atoms with Gasteiger partial charge in [-0.1, -0.05) is 12.1 Å². The number of rotatable bonds is 2. The molecule has 0 saturated carbocycles. The fourth-order valence-corrected chi connectivity index (χ4v) is 3.37. The third-order valence-corrected chi connectivity index (χ3v) is 5.22. The number of thiocarbonyl (C=S) groups is 1. The lowest BCUT2D eigenvalue weighted by molar-refractivity contribution is -0.137. The number of anilines is 2. The Morgan fingerprint density at radius 1 is 0.963 bits per heavy atom. The molecule has 7 heteroatoms. The molecule has 0 aromatic heterocycles. The Morgan fingerprint density at radius 3 is 2.30 bits per heavy atom. The van der Waals surface area contributed by atoms with Crippen LogP contribution in [-0.4, -0.2) is 36.2 Å². The van der Waals surface area contributed by atoms with E-state index in [4.69, 9.17) is 12.2 Å². The summed E-state index contributed by atoms with van der Waals surface area (Å²) in [6.07, 6.45) is -4.32. The molecule has 1 aliphatic heterocycles. The summed E-state index contributed by atoms with van der Waals surface area (Å²) in [5.41, 5.74) is 3.34. The number of nitrogens with one attached hydrogen (secondary N) is 1. The largest absolute Gasteiger partial charge is 0.416 e. The molecule has 0 spiro atoms. The van der Waals surface area contributed by atoms with E-state index in [-0.39, 0.29) is 0 Å². The monoisotopic (exact) mass is 393 g/mol. The topological polar surface area (TPSA) is 18.5 Å². The summed E-state index contributed by atoms with van der Waals surface area (Å²) < 4.78 is 38.7. The minimum Gasteiger partial charge on any atom is -0.368 e. The second kappa shape index (κ2) is 7.76. The lowest BCUT2D eigenvalue weighted by Gasteiger charge is -2.37. The number of alkyl halides is 3. The molecule has 0 unspecified atom stereocenters. The molecule has 2 aromatic rings. The quantitative estimate of drug-likeness (QED) is 0.736. The molecule has 27 heavy (non-hydrogen) atoms. The van der Waals surface area contributed by atoms with Crippen LogP contribution in [0.4, 0.5) is 24.5 Å². The molecule has 0 atom stereocenters. The zero-order valence-corrected chi connectivity index (χ0v) is 16.1. The molecule has 0 amide bonds. The molecule has 0 bridgehead atoms. The van der Waals surface area contributed by atoms with Crippen LogP contribution in [0.2, 0.25) is 0 Å². The van der Waals surface area contributed by atoms with Crippen LogP contribution in [0.25, 0.3) is 0 Å². The number of benzene rings is 2. The number of hydrogen-bond donors (Lipinski definition) is 1. The van der Waals surface area contributed by atoms with Gasteiger partial charge >= 0.3 is 6.18 Å². The summed E-state index contributed by atoms with van der Waals surface area (Å²) in [6, 6.07) is 11.6. The minimum absolute atomic E-state index is 0.595. The van der Waals surface area contributed by atoms with Crippen LogP contribution < -0.4 is 10.2 Å². The van der Waals surface area contributed by atoms with Crippen molar-refractivity contribution in [2.45, 2.75) is 20.0 Å². The van der Waals surface area contributed by atoms with Crippen molar-refractivity contribution < 1.29 is 13.2 Å². The van der Waals surface area contributed by atoms with E-state index in [1.165, 1.54) is 23.3 Å². The normalized spacial score (nSPS) is 15.0. The third-order valence-electron chi connectivity index (χ3n) is 4.86. The van der Waals surface area contributed by atoms with E-state index in [1.807, 2.05) is 17.0 Å². The molecule has 3 nitrogen and oxygen atoms in total. The smallest absolute Gasteiger partial charge is 0.368 e. The van der Waals surface area contributed by atoms with Crippen LogP contribution >= 0.6 is 12.2 Å². The summed E-state index contributed by atoms with van der Waals surface area (Å²) in [5, 5.41) is 3.89. The predicted molar refractivity (Wildman–Crippen MR) is 107 cm³/mol. The molecule has 1 heterocycles. The molecular weight excluding hydrogens is 371 g/mol. The second-order valence-electron chi connectivity index (χ2n) is 6.75. The fourth-order valence-electron chi connectivity index (χ4n) is 3.07. The molecule has 1 saturated heterocycles. The number of nitrogens with zero attached hydrogens (tertiary/aromatic N) is 2. The number of aryl methyl sites for hydroxylation is 2. The number of halogens is 3. The van der Waals surface area contributed by atoms with Crippen LogP contribution in [-0.2, 0) is 6.18 Å². The molecule has 0 radical (unpaired) electrons. The van der Waals surface area contributed by atoms with Crippen molar-refractivity contribution in [3.05, 3.63) is 59.2 Å². The van der Waals surface area contributed by atoms with Gasteiger partial charge in [0.05, 0.1) is 5.56 Å². The minimum atomic E-state index is -4.32. The zero-order chi connectivity index (χ0) is 19.6. The molecule has 3 rings (SSSR count). The van der Waals surface area contributed by atoms with Gasteiger partial charge in [-0.15, -0.1) is 0 Å². The Labute approximate surface area is 162 Å². The Kier molecular flexibility index (Phi) is 5.60. The first-order valence-electron chi connectivity index (χ1n) is 8.79. The van der Waals surface area contributed by atoms with Gasteiger partial charge in [-0.25, -0.2) is 0 Å². The predicted octanol–water partition coefficient (Wildman–Crippen LogP) is 4.84. The van der Waals surface area contributed by atoms with Crippen molar-refractivity contribution in [1.29, 1.82) is 0 Å². The first kappa shape index (κ1) is 19.5. The van der Waals surface area contributed by atoms with Crippen LogP contribution in [0.5, 0.6) is 0 Å². The van der Waals surface area contributed by atoms with Crippen LogP contribution in [0.1, 0.15) is 16.7 Å². The van der Waals surface area contributed by atoms with Crippen molar-refractivity contribution in [1.82, 2.24) is 4.90 Å². The van der Waals surface area contributed by atoms with Crippen molar-refractivity contribution in [2.24, 2.45) is 0 Å². The van der Waals surface area contributed by atoms with Crippen LogP contribution in [0.15, 0.2) is 42.5 Å². The second-order valence-corrected chi connectivity index (χ2v) is 7.14. The van der Waals surface area contributed by atoms with E-state index in [1.54, 1.807) is 6.07 Å². The fraction of sp³-hybridized carbons (Fsp3) is 0.350. The Balaban J connectivity index is 1.60. The van der Waals surface area contributed by atoms with Crippen LogP contribution in [0, 0.1) is 13.8 Å². The molecule has 2 aromatic carbocycles. The van der Waals surface area contributed by atoms with E-state index in [0.29, 0.717) is 37.0 Å². The lowest BCUT2D eigenvalue weighted by atomic mass is 10.1. The van der Waals surface area contributed by atoms with E-state index >= 15 is 0 Å². The molecule has 1 aliphatic rings. The summed E-state index contributed by atoms with van der Waals surface area (Å²) >= 11 is 5.50. The van der Waals surface area contributed by atoms with Crippen molar-refractivity contribution >= 4 is 28.7 Å². The first-order chi connectivity index (χ1) is 12.7. The van der Waals surface area contributed by atoms with Crippen LogP contribution in [0.3, 0.4) is 0 Å². The summed E-state index contributed by atoms with van der Waals surface area (Å²) in [7, 11) is 0. The van der Waals surface area contributed by atoms with Gasteiger partial charge in [0, 0.05) is 37.6 Å². The van der Waals surface area contributed by atoms with E-state index < -0.39 is 11.7 Å². The highest BCUT2D eigenvalue weighted by molar-refractivity contribution is 7.80. The van der Waals surface area contributed by atoms with Crippen molar-refractivity contribution in [3.8, 4) is 0 Å². The summed E-state index contributed by atoms with van der Waals surface area (Å²) in [6.45, 7) is 6.67. The zero-order valence-electron chi connectivity index (χ0n) is 15.3. The molecule has 1 N–H and O–H groups in total. The summed E-state index contributed by atoms with van der Waals surface area (Å²) in [4.78, 5) is 4.01. The highest BCUT2D eigenvalue weighted by atomic mass is 32.1. The third kappa shape index (κ3) is 4.71. The molecule has 0 aliphatic carbocycles. The molecule has 1 fully saturated rings. The highest BCUT2D eigenvalue weighted by Crippen LogP contribution is 2.31. The van der Waals surface area contributed by atoms with Crippen molar-refractivity contribution in [2.75, 3.05) is 36.4 Å². The number of piperazine rings is 1. The SMILES string of the molecule is Cc1ccc(NC(=S)N2CCN(c3cccc(C(F)(F)F)c3)CC2)cc1C. The average molecular weight is 393 g/mol. The highest BCUT2D eigenvalue weighted by Gasteiger charge is 2.31. The number of hydrogen-bond acceptors (Lipinski definition) is 2. The van der Waals surface area contributed by atoms with E-state index in [0.717, 1.165) is 11.8 Å². The maximum atomic E-state index is 12.9. The first-order valence-corrected chi connectivity index (χ1v) is 9.20. The molecule has 144 valence electrons. The van der Waals surface area contributed by atoms with E-state index in [2.05, 4.69) is 30.1 Å². The maximum Gasteiger partial charge on any atom is 0.416 e. The van der Waals surface area contributed by atoms with Crippen molar-refractivity contribution in [3.63, 3.8) is 0 Å². The van der Waals surface area contributed by atoms with Gasteiger partial charge in [0.15, 0.2) is 5.11 Å². The average Bonchev–Trinajstić information content (AvgIpc) is 2.64. The van der Waals surface area contributed by atoms with Gasteiger partial charge in [0.2, 0.25) is 0 Å². The summed E-state index contributed by atoms with van der Waals surface area (Å²) in [5.74, 6) is 0. The maximum absolute atomic E-state index is 12.9. The van der Waals surface area contributed by atoms with Gasteiger partial charge in [-0.05, 0) is 67.5 Å². The van der Waals surface area contributed by atoms with Gasteiger partial charge < -0.3 is 15.1 Å². The van der Waals surface area contributed by atoms with Gasteiger partial charge in [-0.2, -0.15) is 13.2 Å². The Bertz CT molecular complexity index is 827. The standard InChI is InChI=1S/C20H22F3N3S/c1-14-6-7-17(12-15(14)2)24-19(27)26-10-8-25(9-11-26)18-5-3-4-16(13-18)20(21,22)23/h3-7,12-13H,8-11H2,1-2H3,(H,24,27). The van der Waals surface area contributed by atoms with E-state index in [9.17, 15) is 13.2 Å². The Morgan fingerprint density at radius 2 is 1.67 bits per heavy atom. The van der Waals surface area contributed by atoms with Gasteiger partial charge in [0.1, 0.15) is 0 Å². The molecular formula is C20H22F3N3S.